The van der Waals surface area contributed by atoms with Crippen molar-refractivity contribution in [2.75, 3.05) is 13.1 Å². The van der Waals surface area contributed by atoms with Gasteiger partial charge in [0.05, 0.1) is 0 Å². The molecule has 1 amide bonds. The topological polar surface area (TPSA) is 41.1 Å². The lowest BCUT2D eigenvalue weighted by Crippen LogP contribution is -2.40. The number of amides is 1. The molecule has 1 aliphatic rings. The number of hydrogen-bond acceptors (Lipinski definition) is 2. The van der Waals surface area contributed by atoms with Crippen LogP contribution >= 0.6 is 15.9 Å². The monoisotopic (exact) mass is 324 g/mol. The molecule has 2 rings (SSSR count). The van der Waals surface area contributed by atoms with Crippen molar-refractivity contribution < 1.29 is 4.79 Å². The molecule has 1 heterocycles. The van der Waals surface area contributed by atoms with Crippen LogP contribution in [0.4, 0.5) is 0 Å². The van der Waals surface area contributed by atoms with Crippen molar-refractivity contribution in [3.63, 3.8) is 0 Å². The number of nitrogens with one attached hydrogen (secondary N) is 2. The summed E-state index contributed by atoms with van der Waals surface area (Å²) in [6.07, 6.45) is 2.70. The molecule has 2 atom stereocenters. The van der Waals surface area contributed by atoms with Gasteiger partial charge in [0.15, 0.2) is 0 Å². The Morgan fingerprint density at radius 2 is 2.32 bits per heavy atom. The van der Waals surface area contributed by atoms with Gasteiger partial charge >= 0.3 is 0 Å². The van der Waals surface area contributed by atoms with Gasteiger partial charge in [0.25, 0.3) is 0 Å². The Morgan fingerprint density at radius 3 is 2.95 bits per heavy atom. The highest BCUT2D eigenvalue weighted by Gasteiger charge is 2.22. The number of benzene rings is 1. The van der Waals surface area contributed by atoms with Gasteiger partial charge in [0.2, 0.25) is 5.91 Å². The Hall–Kier alpha value is -0.870. The molecule has 1 saturated heterocycles. The Kier molecular flexibility index (Phi) is 5.40. The van der Waals surface area contributed by atoms with E-state index >= 15 is 0 Å². The summed E-state index contributed by atoms with van der Waals surface area (Å²) in [6, 6.07) is 8.43. The van der Waals surface area contributed by atoms with E-state index in [1.54, 1.807) is 0 Å². The summed E-state index contributed by atoms with van der Waals surface area (Å²) in [5.41, 5.74) is 1.20. The summed E-state index contributed by atoms with van der Waals surface area (Å²) < 4.78 is 1.09. The molecule has 0 spiro atoms. The first-order chi connectivity index (χ1) is 9.20. The Balaban J connectivity index is 1.95. The number of halogens is 1. The molecular formula is C15H21BrN2O. The highest BCUT2D eigenvalue weighted by Crippen LogP contribution is 2.21. The van der Waals surface area contributed by atoms with E-state index in [2.05, 4.69) is 39.6 Å². The summed E-state index contributed by atoms with van der Waals surface area (Å²) in [6.45, 7) is 3.98. The van der Waals surface area contributed by atoms with Gasteiger partial charge in [-0.05, 0) is 37.4 Å². The van der Waals surface area contributed by atoms with Gasteiger partial charge < -0.3 is 10.6 Å². The van der Waals surface area contributed by atoms with Crippen molar-refractivity contribution in [2.24, 2.45) is 5.92 Å². The van der Waals surface area contributed by atoms with Crippen molar-refractivity contribution in [1.82, 2.24) is 10.6 Å². The maximum atomic E-state index is 12.3. The number of carbonyl (C=O) groups excluding carboxylic acids is 1. The fourth-order valence-corrected chi connectivity index (χ4v) is 2.90. The van der Waals surface area contributed by atoms with Gasteiger partial charge in [0.1, 0.15) is 0 Å². The van der Waals surface area contributed by atoms with Crippen molar-refractivity contribution in [3.05, 3.63) is 34.3 Å². The van der Waals surface area contributed by atoms with Crippen molar-refractivity contribution in [2.45, 2.75) is 32.2 Å². The molecular weight excluding hydrogens is 304 g/mol. The molecule has 0 bridgehead atoms. The van der Waals surface area contributed by atoms with Crippen LogP contribution in [0, 0.1) is 5.92 Å². The second kappa shape index (κ2) is 7.06. The number of rotatable bonds is 5. The van der Waals surface area contributed by atoms with Crippen LogP contribution in [0.1, 0.15) is 25.3 Å². The van der Waals surface area contributed by atoms with Crippen LogP contribution in [0.2, 0.25) is 0 Å². The van der Waals surface area contributed by atoms with E-state index < -0.39 is 0 Å². The molecule has 2 unspecified atom stereocenters. The van der Waals surface area contributed by atoms with Crippen molar-refractivity contribution in [1.29, 1.82) is 0 Å². The summed E-state index contributed by atoms with van der Waals surface area (Å²) in [5, 5.41) is 6.42. The molecule has 1 aromatic rings. The van der Waals surface area contributed by atoms with Gasteiger partial charge in [-0.15, -0.1) is 0 Å². The first-order valence-electron chi connectivity index (χ1n) is 6.95. The third-order valence-electron chi connectivity index (χ3n) is 3.69. The highest BCUT2D eigenvalue weighted by molar-refractivity contribution is 9.10. The van der Waals surface area contributed by atoms with Crippen LogP contribution in [0.3, 0.4) is 0 Å². The lowest BCUT2D eigenvalue weighted by molar-refractivity contribution is -0.125. The third kappa shape index (κ3) is 4.05. The SMILES string of the molecule is CCC(Cc1ccccc1Br)C(=O)NC1CCNC1. The normalized spacial score (nSPS) is 20.2. The number of carbonyl (C=O) groups is 1. The molecule has 0 aliphatic carbocycles. The second-order valence-corrected chi connectivity index (χ2v) is 5.95. The van der Waals surface area contributed by atoms with Gasteiger partial charge in [0, 0.05) is 23.0 Å². The minimum Gasteiger partial charge on any atom is -0.352 e. The summed E-state index contributed by atoms with van der Waals surface area (Å²) in [7, 11) is 0. The van der Waals surface area contributed by atoms with Crippen LogP contribution < -0.4 is 10.6 Å². The Bertz CT molecular complexity index is 430. The third-order valence-corrected chi connectivity index (χ3v) is 4.47. The molecule has 2 N–H and O–H groups in total. The maximum absolute atomic E-state index is 12.3. The molecule has 1 aromatic carbocycles. The van der Waals surface area contributed by atoms with Crippen LogP contribution in [0.5, 0.6) is 0 Å². The zero-order valence-electron chi connectivity index (χ0n) is 11.3. The molecule has 1 fully saturated rings. The van der Waals surface area contributed by atoms with E-state index in [0.717, 1.165) is 36.8 Å². The van der Waals surface area contributed by atoms with Gasteiger partial charge in [-0.1, -0.05) is 41.1 Å². The first-order valence-corrected chi connectivity index (χ1v) is 7.74. The van der Waals surface area contributed by atoms with Gasteiger partial charge in [-0.25, -0.2) is 0 Å². The minimum atomic E-state index is 0.0549. The summed E-state index contributed by atoms with van der Waals surface area (Å²) in [5.74, 6) is 0.242. The second-order valence-electron chi connectivity index (χ2n) is 5.10. The molecule has 1 aliphatic heterocycles. The Morgan fingerprint density at radius 1 is 1.53 bits per heavy atom. The summed E-state index contributed by atoms with van der Waals surface area (Å²) in [4.78, 5) is 12.3. The van der Waals surface area contributed by atoms with Gasteiger partial charge in [-0.2, -0.15) is 0 Å². The standard InChI is InChI=1S/C15H21BrN2O/c1-2-11(9-12-5-3-4-6-14(12)16)15(19)18-13-7-8-17-10-13/h3-6,11,13,17H,2,7-10H2,1H3,(H,18,19). The van der Waals surface area contributed by atoms with E-state index in [1.807, 2.05) is 18.2 Å². The maximum Gasteiger partial charge on any atom is 0.223 e. The zero-order chi connectivity index (χ0) is 13.7. The van der Waals surface area contributed by atoms with Crippen LogP contribution in [-0.4, -0.2) is 25.0 Å². The quantitative estimate of drug-likeness (QED) is 0.873. The van der Waals surface area contributed by atoms with Gasteiger partial charge in [-0.3, -0.25) is 4.79 Å². The summed E-state index contributed by atoms with van der Waals surface area (Å²) >= 11 is 3.55. The van der Waals surface area contributed by atoms with E-state index in [9.17, 15) is 4.79 Å². The van der Waals surface area contributed by atoms with Crippen LogP contribution in [-0.2, 0) is 11.2 Å². The largest absolute Gasteiger partial charge is 0.352 e. The fourth-order valence-electron chi connectivity index (χ4n) is 2.45. The van der Waals surface area contributed by atoms with E-state index in [4.69, 9.17) is 0 Å². The highest BCUT2D eigenvalue weighted by atomic mass is 79.9. The molecule has 3 nitrogen and oxygen atoms in total. The van der Waals surface area contributed by atoms with Crippen molar-refractivity contribution >= 4 is 21.8 Å². The smallest absolute Gasteiger partial charge is 0.223 e. The molecule has 0 aromatic heterocycles. The predicted octanol–water partition coefficient (Wildman–Crippen LogP) is 2.50. The number of hydrogen-bond donors (Lipinski definition) is 2. The first kappa shape index (κ1) is 14.5. The van der Waals surface area contributed by atoms with Crippen LogP contribution in [0.15, 0.2) is 28.7 Å². The van der Waals surface area contributed by atoms with E-state index in [0.29, 0.717) is 6.04 Å². The zero-order valence-corrected chi connectivity index (χ0v) is 12.9. The molecule has 0 saturated carbocycles. The van der Waals surface area contributed by atoms with E-state index in [-0.39, 0.29) is 11.8 Å². The van der Waals surface area contributed by atoms with Crippen molar-refractivity contribution in [3.8, 4) is 0 Å². The average molecular weight is 325 g/mol. The lowest BCUT2D eigenvalue weighted by Gasteiger charge is -2.19. The van der Waals surface area contributed by atoms with E-state index in [1.165, 1.54) is 5.56 Å². The average Bonchev–Trinajstić information content (AvgIpc) is 2.90. The van der Waals surface area contributed by atoms with Crippen LogP contribution in [0.25, 0.3) is 0 Å². The lowest BCUT2D eigenvalue weighted by atomic mass is 9.95. The fraction of sp³-hybridized carbons (Fsp3) is 0.533. The molecule has 4 heteroatoms. The molecule has 0 radical (unpaired) electrons. The Labute approximate surface area is 123 Å². The minimum absolute atomic E-state index is 0.0549. The predicted molar refractivity (Wildman–Crippen MR) is 81.0 cm³/mol. The molecule has 104 valence electrons. The molecule has 19 heavy (non-hydrogen) atoms.